The number of nitrogens with zero attached hydrogens (tertiary/aromatic N) is 3. The summed E-state index contributed by atoms with van der Waals surface area (Å²) in [7, 11) is 1.89. The summed E-state index contributed by atoms with van der Waals surface area (Å²) in [6.45, 7) is 2.41. The molecule has 8 heteroatoms. The highest BCUT2D eigenvalue weighted by Crippen LogP contribution is 2.19. The first-order valence-electron chi connectivity index (χ1n) is 9.31. The van der Waals surface area contributed by atoms with Gasteiger partial charge < -0.3 is 19.5 Å². The molecule has 1 saturated heterocycles. The molecule has 2 aromatic carbocycles. The fourth-order valence-corrected chi connectivity index (χ4v) is 3.50. The Balaban J connectivity index is 0.00000150. The lowest BCUT2D eigenvalue weighted by molar-refractivity contribution is -0.132. The summed E-state index contributed by atoms with van der Waals surface area (Å²) in [4.78, 5) is 19.4. The van der Waals surface area contributed by atoms with Crippen LogP contribution in [0, 0.1) is 0 Å². The monoisotopic (exact) mass is 436 g/mol. The number of imidazole rings is 1. The third-order valence-corrected chi connectivity index (χ3v) is 5.11. The lowest BCUT2D eigenvalue weighted by Crippen LogP contribution is -2.40. The van der Waals surface area contributed by atoms with Crippen LogP contribution in [0.4, 0.5) is 0 Å². The third kappa shape index (κ3) is 5.21. The molecule has 4 rings (SSSR count). The molecule has 1 atom stereocenters. The first-order valence-corrected chi connectivity index (χ1v) is 9.31. The van der Waals surface area contributed by atoms with Crippen molar-refractivity contribution < 1.29 is 9.53 Å². The number of nitrogens with one attached hydrogen (secondary N) is 1. The van der Waals surface area contributed by atoms with Gasteiger partial charge in [0.15, 0.2) is 0 Å². The Kier molecular flexibility index (Phi) is 8.32. The quantitative estimate of drug-likeness (QED) is 0.643. The second-order valence-corrected chi connectivity index (χ2v) is 6.86. The predicted octanol–water partition coefficient (Wildman–Crippen LogP) is 3.28. The topological polar surface area (TPSA) is 59.4 Å². The van der Waals surface area contributed by atoms with Gasteiger partial charge in [0.05, 0.1) is 11.0 Å². The van der Waals surface area contributed by atoms with Crippen molar-refractivity contribution in [3.63, 3.8) is 0 Å². The number of rotatable bonds is 6. The van der Waals surface area contributed by atoms with Crippen LogP contribution < -0.4 is 10.1 Å². The Morgan fingerprint density at radius 1 is 1.17 bits per heavy atom. The van der Waals surface area contributed by atoms with E-state index in [9.17, 15) is 4.79 Å². The molecule has 29 heavy (non-hydrogen) atoms. The van der Waals surface area contributed by atoms with Crippen LogP contribution >= 0.6 is 24.8 Å². The molecule has 1 fully saturated rings. The van der Waals surface area contributed by atoms with Gasteiger partial charge in [-0.1, -0.05) is 30.3 Å². The van der Waals surface area contributed by atoms with Crippen molar-refractivity contribution in [2.45, 2.75) is 25.6 Å². The predicted molar refractivity (Wildman–Crippen MR) is 119 cm³/mol. The molecule has 0 spiro atoms. The maximum Gasteiger partial charge on any atom is 0.242 e. The van der Waals surface area contributed by atoms with E-state index >= 15 is 0 Å². The number of carbonyl (C=O) groups excluding carboxylic acids is 1. The Morgan fingerprint density at radius 3 is 2.62 bits per heavy atom. The minimum atomic E-state index is 0. The zero-order valence-corrected chi connectivity index (χ0v) is 17.9. The maximum absolute atomic E-state index is 12.9. The van der Waals surface area contributed by atoms with E-state index in [4.69, 9.17) is 9.72 Å². The van der Waals surface area contributed by atoms with Gasteiger partial charge in [-0.15, -0.1) is 24.8 Å². The average Bonchev–Trinajstić information content (AvgIpc) is 3.35. The number of hydrogen-bond donors (Lipinski definition) is 1. The van der Waals surface area contributed by atoms with Crippen LogP contribution in [-0.4, -0.2) is 46.5 Å². The van der Waals surface area contributed by atoms with Crippen molar-refractivity contribution >= 4 is 41.8 Å². The summed E-state index contributed by atoms with van der Waals surface area (Å²) in [5.74, 6) is 1.63. The van der Waals surface area contributed by atoms with Crippen molar-refractivity contribution in [2.24, 2.45) is 0 Å². The number of aromatic nitrogens is 2. The molecule has 0 bridgehead atoms. The molecule has 1 aliphatic heterocycles. The van der Waals surface area contributed by atoms with Crippen molar-refractivity contribution in [2.75, 3.05) is 20.1 Å². The number of carbonyl (C=O) groups is 1. The molecule has 156 valence electrons. The number of benzene rings is 2. The molecular weight excluding hydrogens is 411 g/mol. The standard InChI is InChI=1S/C21H24N4O2.2ClH/c1-24(16-11-12-22-13-16)21(26)14-25-19-10-6-5-9-18(19)23-20(25)15-27-17-7-3-2-4-8-17;;/h2-10,16,22H,11-15H2,1H3;2*1H. The molecule has 0 saturated carbocycles. The van der Waals surface area contributed by atoms with Crippen LogP contribution in [0.15, 0.2) is 54.6 Å². The van der Waals surface area contributed by atoms with E-state index in [1.807, 2.05) is 71.1 Å². The highest BCUT2D eigenvalue weighted by atomic mass is 35.5. The Bertz CT molecular complexity index is 927. The fraction of sp³-hybridized carbons (Fsp3) is 0.333. The molecule has 1 amide bonds. The smallest absolute Gasteiger partial charge is 0.242 e. The van der Waals surface area contributed by atoms with E-state index in [0.717, 1.165) is 42.1 Å². The van der Waals surface area contributed by atoms with E-state index in [1.165, 1.54) is 0 Å². The fourth-order valence-electron chi connectivity index (χ4n) is 3.50. The van der Waals surface area contributed by atoms with Gasteiger partial charge in [0.25, 0.3) is 0 Å². The van der Waals surface area contributed by atoms with Crippen molar-refractivity contribution in [1.82, 2.24) is 19.8 Å². The molecule has 1 aromatic heterocycles. The SMILES string of the molecule is CN(C(=O)Cn1c(COc2ccccc2)nc2ccccc21)C1CCNC1.Cl.Cl. The Labute approximate surface area is 183 Å². The Morgan fingerprint density at radius 2 is 1.90 bits per heavy atom. The van der Waals surface area contributed by atoms with Gasteiger partial charge in [0.1, 0.15) is 24.7 Å². The minimum absolute atomic E-state index is 0. The molecule has 6 nitrogen and oxygen atoms in total. The van der Waals surface area contributed by atoms with Crippen LogP contribution in [-0.2, 0) is 17.9 Å². The average molecular weight is 437 g/mol. The molecule has 0 aliphatic carbocycles. The largest absolute Gasteiger partial charge is 0.486 e. The zero-order valence-electron chi connectivity index (χ0n) is 16.3. The summed E-state index contributed by atoms with van der Waals surface area (Å²) in [5.41, 5.74) is 1.83. The maximum atomic E-state index is 12.9. The third-order valence-electron chi connectivity index (χ3n) is 5.11. The van der Waals surface area contributed by atoms with Gasteiger partial charge in [-0.3, -0.25) is 4.79 Å². The van der Waals surface area contributed by atoms with Gasteiger partial charge in [-0.05, 0) is 37.2 Å². The summed E-state index contributed by atoms with van der Waals surface area (Å²) >= 11 is 0. The highest BCUT2D eigenvalue weighted by Gasteiger charge is 2.24. The normalized spacial score (nSPS) is 15.4. The van der Waals surface area contributed by atoms with Gasteiger partial charge in [-0.2, -0.15) is 0 Å². The number of amides is 1. The van der Waals surface area contributed by atoms with E-state index < -0.39 is 0 Å². The number of halogens is 2. The van der Waals surface area contributed by atoms with Gasteiger partial charge in [0.2, 0.25) is 5.91 Å². The molecule has 2 heterocycles. The van der Waals surface area contributed by atoms with E-state index in [2.05, 4.69) is 5.32 Å². The van der Waals surface area contributed by atoms with Crippen LogP contribution in [0.1, 0.15) is 12.2 Å². The summed E-state index contributed by atoms with van der Waals surface area (Å²) < 4.78 is 7.86. The van der Waals surface area contributed by atoms with Gasteiger partial charge >= 0.3 is 0 Å². The zero-order chi connectivity index (χ0) is 18.6. The number of para-hydroxylation sites is 3. The molecule has 0 radical (unpaired) electrons. The number of hydrogen-bond acceptors (Lipinski definition) is 4. The first-order chi connectivity index (χ1) is 13.2. The van der Waals surface area contributed by atoms with Crippen molar-refractivity contribution in [3.8, 4) is 5.75 Å². The molecule has 3 aromatic rings. The first kappa shape index (κ1) is 23.0. The second kappa shape index (κ2) is 10.5. The summed E-state index contributed by atoms with van der Waals surface area (Å²) in [6, 6.07) is 17.8. The van der Waals surface area contributed by atoms with Crippen LogP contribution in [0.5, 0.6) is 5.75 Å². The summed E-state index contributed by atoms with van der Waals surface area (Å²) in [5, 5.41) is 3.31. The van der Waals surface area contributed by atoms with Crippen molar-refractivity contribution in [1.29, 1.82) is 0 Å². The van der Waals surface area contributed by atoms with Crippen LogP contribution in [0.2, 0.25) is 0 Å². The number of ether oxygens (including phenoxy) is 1. The highest BCUT2D eigenvalue weighted by molar-refractivity contribution is 5.85. The van der Waals surface area contributed by atoms with Gasteiger partial charge in [0, 0.05) is 19.6 Å². The van der Waals surface area contributed by atoms with E-state index in [0.29, 0.717) is 6.61 Å². The molecule has 1 unspecified atom stereocenters. The Hall–Kier alpha value is -2.28. The lowest BCUT2D eigenvalue weighted by Gasteiger charge is -2.24. The lowest BCUT2D eigenvalue weighted by atomic mass is 10.2. The van der Waals surface area contributed by atoms with E-state index in [-0.39, 0.29) is 43.3 Å². The molecular formula is C21H26Cl2N4O2. The molecule has 1 N–H and O–H groups in total. The van der Waals surface area contributed by atoms with E-state index in [1.54, 1.807) is 0 Å². The second-order valence-electron chi connectivity index (χ2n) is 6.86. The van der Waals surface area contributed by atoms with Gasteiger partial charge in [-0.25, -0.2) is 4.98 Å². The van der Waals surface area contributed by atoms with Crippen LogP contribution in [0.3, 0.4) is 0 Å². The van der Waals surface area contributed by atoms with Crippen molar-refractivity contribution in [3.05, 3.63) is 60.4 Å². The van der Waals surface area contributed by atoms with Crippen LogP contribution in [0.25, 0.3) is 11.0 Å². The number of likely N-dealkylation sites (N-methyl/N-ethyl adjacent to an activating group) is 1. The minimum Gasteiger partial charge on any atom is -0.486 e. The summed E-state index contributed by atoms with van der Waals surface area (Å²) in [6.07, 6.45) is 0.997. The molecule has 1 aliphatic rings. The number of fused-ring (bicyclic) bond motifs is 1.